The van der Waals surface area contributed by atoms with Gasteiger partial charge in [-0.05, 0) is 18.6 Å². The summed E-state index contributed by atoms with van der Waals surface area (Å²) in [5.41, 5.74) is 8.62. The van der Waals surface area contributed by atoms with Gasteiger partial charge in [-0.2, -0.15) is 5.10 Å². The van der Waals surface area contributed by atoms with Crippen LogP contribution in [0.2, 0.25) is 0 Å². The van der Waals surface area contributed by atoms with Gasteiger partial charge in [-0.3, -0.25) is 0 Å². The van der Waals surface area contributed by atoms with E-state index in [0.717, 1.165) is 22.6 Å². The van der Waals surface area contributed by atoms with E-state index in [0.29, 0.717) is 12.4 Å². The number of nitrogens with two attached hydrogens (primary N) is 1. The molecule has 0 aliphatic heterocycles. The zero-order valence-electron chi connectivity index (χ0n) is 10.6. The second-order valence-corrected chi connectivity index (χ2v) is 4.09. The first kappa shape index (κ1) is 12.4. The van der Waals surface area contributed by atoms with Gasteiger partial charge >= 0.3 is 0 Å². The van der Waals surface area contributed by atoms with Crippen molar-refractivity contribution in [1.82, 2.24) is 9.78 Å². The van der Waals surface area contributed by atoms with Gasteiger partial charge < -0.3 is 15.6 Å². The van der Waals surface area contributed by atoms with Crippen molar-refractivity contribution < 1.29 is 9.84 Å². The van der Waals surface area contributed by atoms with E-state index in [-0.39, 0.29) is 6.61 Å². The molecule has 3 N–H and O–H groups in total. The number of rotatable bonds is 4. The summed E-state index contributed by atoms with van der Waals surface area (Å²) in [6.45, 7) is 2.40. The fourth-order valence-electron chi connectivity index (χ4n) is 1.83. The summed E-state index contributed by atoms with van der Waals surface area (Å²) < 4.78 is 6.87. The molecule has 5 heteroatoms. The minimum Gasteiger partial charge on any atom is -0.496 e. The number of hydrogen-bond donors (Lipinski definition) is 2. The molecule has 5 nitrogen and oxygen atoms in total. The van der Waals surface area contributed by atoms with Crippen LogP contribution in [0, 0.1) is 6.92 Å². The molecule has 0 saturated carbocycles. The highest BCUT2D eigenvalue weighted by Gasteiger charge is 2.08. The summed E-state index contributed by atoms with van der Waals surface area (Å²) >= 11 is 0. The predicted octanol–water partition coefficient (Wildman–Crippen LogP) is 1.44. The fourth-order valence-corrected chi connectivity index (χ4v) is 1.83. The number of hydrogen-bond acceptors (Lipinski definition) is 4. The first-order chi connectivity index (χ1) is 8.65. The van der Waals surface area contributed by atoms with Crippen LogP contribution in [0.25, 0.3) is 11.3 Å². The van der Waals surface area contributed by atoms with Crippen LogP contribution in [0.3, 0.4) is 0 Å². The second-order valence-electron chi connectivity index (χ2n) is 4.09. The molecular weight excluding hydrogens is 230 g/mol. The van der Waals surface area contributed by atoms with Gasteiger partial charge in [-0.25, -0.2) is 4.68 Å². The number of nitrogen functional groups attached to an aromatic ring is 1. The van der Waals surface area contributed by atoms with E-state index in [1.807, 2.05) is 25.1 Å². The first-order valence-corrected chi connectivity index (χ1v) is 5.75. The third-order valence-corrected chi connectivity index (χ3v) is 2.83. The molecule has 2 rings (SSSR count). The van der Waals surface area contributed by atoms with Crippen LogP contribution in [0.1, 0.15) is 5.56 Å². The molecule has 0 aliphatic carbocycles. The lowest BCUT2D eigenvalue weighted by Crippen LogP contribution is -2.07. The Hall–Kier alpha value is -2.01. The molecule has 96 valence electrons. The molecule has 0 spiro atoms. The average Bonchev–Trinajstić information content (AvgIpc) is 2.72. The largest absolute Gasteiger partial charge is 0.496 e. The maximum atomic E-state index is 8.91. The number of aliphatic hydroxyl groups excluding tert-OH is 1. The Morgan fingerprint density at radius 2 is 2.17 bits per heavy atom. The lowest BCUT2D eigenvalue weighted by molar-refractivity contribution is 0.270. The standard InChI is InChI=1S/C13H17N3O2/c1-9-3-4-10(7-12(9)18-2)11-8-13(14)16(15-11)5-6-17/h3-4,7-8,17H,5-6,14H2,1-2H3. The molecular formula is C13H17N3O2. The quantitative estimate of drug-likeness (QED) is 0.857. The number of nitrogens with zero attached hydrogens (tertiary/aromatic N) is 2. The van der Waals surface area contributed by atoms with Crippen molar-refractivity contribution in [3.05, 3.63) is 29.8 Å². The Kier molecular flexibility index (Phi) is 3.53. The summed E-state index contributed by atoms with van der Waals surface area (Å²) in [5.74, 6) is 1.36. The summed E-state index contributed by atoms with van der Waals surface area (Å²) in [5, 5.41) is 13.3. The smallest absolute Gasteiger partial charge is 0.122 e. The zero-order valence-corrected chi connectivity index (χ0v) is 10.6. The van der Waals surface area contributed by atoms with E-state index in [1.54, 1.807) is 17.9 Å². The van der Waals surface area contributed by atoms with Crippen LogP contribution >= 0.6 is 0 Å². The van der Waals surface area contributed by atoms with Gasteiger partial charge in [0.25, 0.3) is 0 Å². The van der Waals surface area contributed by atoms with Crippen molar-refractivity contribution >= 4 is 5.82 Å². The van der Waals surface area contributed by atoms with Crippen molar-refractivity contribution in [2.45, 2.75) is 13.5 Å². The molecule has 0 fully saturated rings. The van der Waals surface area contributed by atoms with Gasteiger partial charge in [0, 0.05) is 11.6 Å². The third kappa shape index (κ3) is 2.31. The van der Waals surface area contributed by atoms with E-state index in [1.165, 1.54) is 0 Å². The summed E-state index contributed by atoms with van der Waals surface area (Å²) in [4.78, 5) is 0. The first-order valence-electron chi connectivity index (χ1n) is 5.75. The second kappa shape index (κ2) is 5.10. The number of ether oxygens (including phenoxy) is 1. The molecule has 0 amide bonds. The summed E-state index contributed by atoms with van der Waals surface area (Å²) in [6, 6.07) is 7.68. The highest BCUT2D eigenvalue weighted by Crippen LogP contribution is 2.27. The SMILES string of the molecule is COc1cc(-c2cc(N)n(CCO)n2)ccc1C. The fraction of sp³-hybridized carbons (Fsp3) is 0.308. The van der Waals surface area contributed by atoms with Crippen LogP contribution in [0.4, 0.5) is 5.82 Å². The Balaban J connectivity index is 2.39. The number of aliphatic hydroxyl groups is 1. The van der Waals surface area contributed by atoms with Crippen molar-refractivity contribution in [2.75, 3.05) is 19.5 Å². The van der Waals surface area contributed by atoms with Crippen LogP contribution < -0.4 is 10.5 Å². The number of anilines is 1. The highest BCUT2D eigenvalue weighted by molar-refractivity contribution is 5.65. The molecule has 0 bridgehead atoms. The Bertz CT molecular complexity index is 549. The van der Waals surface area contributed by atoms with E-state index in [4.69, 9.17) is 15.6 Å². The van der Waals surface area contributed by atoms with Gasteiger partial charge in [0.15, 0.2) is 0 Å². The summed E-state index contributed by atoms with van der Waals surface area (Å²) in [7, 11) is 1.64. The van der Waals surface area contributed by atoms with E-state index in [9.17, 15) is 0 Å². The lowest BCUT2D eigenvalue weighted by Gasteiger charge is -2.05. The number of aromatic nitrogens is 2. The molecule has 1 aromatic carbocycles. The van der Waals surface area contributed by atoms with Crippen LogP contribution in [-0.2, 0) is 6.54 Å². The van der Waals surface area contributed by atoms with E-state index < -0.39 is 0 Å². The van der Waals surface area contributed by atoms with Gasteiger partial charge in [0.1, 0.15) is 11.6 Å². The molecule has 18 heavy (non-hydrogen) atoms. The molecule has 0 radical (unpaired) electrons. The van der Waals surface area contributed by atoms with Crippen molar-refractivity contribution in [3.63, 3.8) is 0 Å². The molecule has 0 saturated heterocycles. The lowest BCUT2D eigenvalue weighted by atomic mass is 10.1. The summed E-state index contributed by atoms with van der Waals surface area (Å²) in [6.07, 6.45) is 0. The van der Waals surface area contributed by atoms with Crippen molar-refractivity contribution in [3.8, 4) is 17.0 Å². The Labute approximate surface area is 106 Å². The minimum atomic E-state index is 0.0164. The van der Waals surface area contributed by atoms with Gasteiger partial charge in [-0.1, -0.05) is 12.1 Å². The molecule has 0 aliphatic rings. The van der Waals surface area contributed by atoms with Crippen molar-refractivity contribution in [1.29, 1.82) is 0 Å². The van der Waals surface area contributed by atoms with Crippen molar-refractivity contribution in [2.24, 2.45) is 0 Å². The molecule has 0 atom stereocenters. The topological polar surface area (TPSA) is 73.3 Å². The number of methoxy groups -OCH3 is 1. The van der Waals surface area contributed by atoms with E-state index >= 15 is 0 Å². The Morgan fingerprint density at radius 3 is 2.83 bits per heavy atom. The van der Waals surface area contributed by atoms with Gasteiger partial charge in [-0.15, -0.1) is 0 Å². The van der Waals surface area contributed by atoms with Gasteiger partial charge in [0.2, 0.25) is 0 Å². The van der Waals surface area contributed by atoms with Crippen LogP contribution in [0.15, 0.2) is 24.3 Å². The normalized spacial score (nSPS) is 10.6. The molecule has 1 heterocycles. The molecule has 2 aromatic rings. The maximum absolute atomic E-state index is 8.91. The monoisotopic (exact) mass is 247 g/mol. The van der Waals surface area contributed by atoms with E-state index in [2.05, 4.69) is 5.10 Å². The number of aryl methyl sites for hydroxylation is 1. The molecule has 1 aromatic heterocycles. The zero-order chi connectivity index (χ0) is 13.1. The average molecular weight is 247 g/mol. The number of benzene rings is 1. The highest BCUT2D eigenvalue weighted by atomic mass is 16.5. The third-order valence-electron chi connectivity index (χ3n) is 2.83. The van der Waals surface area contributed by atoms with Gasteiger partial charge in [0.05, 0.1) is 26.0 Å². The molecule has 0 unspecified atom stereocenters. The van der Waals surface area contributed by atoms with Crippen LogP contribution in [-0.4, -0.2) is 28.6 Å². The van der Waals surface area contributed by atoms with Crippen LogP contribution in [0.5, 0.6) is 5.75 Å². The Morgan fingerprint density at radius 1 is 1.39 bits per heavy atom. The predicted molar refractivity (Wildman–Crippen MR) is 70.5 cm³/mol. The maximum Gasteiger partial charge on any atom is 0.122 e. The minimum absolute atomic E-state index is 0.0164.